The molecule has 1 N–H and O–H groups in total. The fraction of sp³-hybridized carbons (Fsp3) is 0.385. The van der Waals surface area contributed by atoms with Gasteiger partial charge in [0.05, 0.1) is 13.0 Å². The Morgan fingerprint density at radius 3 is 3.00 bits per heavy atom. The van der Waals surface area contributed by atoms with E-state index in [0.29, 0.717) is 19.4 Å². The molecule has 0 atom stereocenters. The first kappa shape index (κ1) is 11.6. The SMILES string of the molecule is CNC(=O)CCOc1ccc2c(c1)CCC2=O. The summed E-state index contributed by atoms with van der Waals surface area (Å²) in [7, 11) is 1.60. The van der Waals surface area contributed by atoms with Crippen LogP contribution >= 0.6 is 0 Å². The molecule has 2 rings (SSSR count). The third kappa shape index (κ3) is 2.64. The van der Waals surface area contributed by atoms with Crippen LogP contribution in [0.15, 0.2) is 18.2 Å². The minimum Gasteiger partial charge on any atom is -0.493 e. The number of nitrogens with one attached hydrogen (secondary N) is 1. The minimum atomic E-state index is -0.0404. The first-order valence-corrected chi connectivity index (χ1v) is 5.70. The van der Waals surface area contributed by atoms with Gasteiger partial charge in [0, 0.05) is 19.0 Å². The van der Waals surface area contributed by atoms with Gasteiger partial charge in [-0.1, -0.05) is 0 Å². The number of ether oxygens (including phenoxy) is 1. The second kappa shape index (κ2) is 4.99. The van der Waals surface area contributed by atoms with Gasteiger partial charge in [-0.3, -0.25) is 9.59 Å². The van der Waals surface area contributed by atoms with Crippen molar-refractivity contribution in [3.05, 3.63) is 29.3 Å². The van der Waals surface area contributed by atoms with Crippen LogP contribution < -0.4 is 10.1 Å². The molecule has 0 unspecified atom stereocenters. The van der Waals surface area contributed by atoms with Gasteiger partial charge in [0.1, 0.15) is 5.75 Å². The van der Waals surface area contributed by atoms with Crippen LogP contribution in [-0.4, -0.2) is 25.3 Å². The standard InChI is InChI=1S/C13H15NO3/c1-14-13(16)6-7-17-10-3-4-11-9(8-10)2-5-12(11)15/h3-4,8H,2,5-7H2,1H3,(H,14,16). The Morgan fingerprint density at radius 1 is 1.41 bits per heavy atom. The number of amides is 1. The second-order valence-corrected chi connectivity index (χ2v) is 4.01. The Bertz CT molecular complexity index is 454. The molecule has 1 aliphatic carbocycles. The Hall–Kier alpha value is -1.84. The summed E-state index contributed by atoms with van der Waals surface area (Å²) >= 11 is 0. The molecule has 0 bridgehead atoms. The van der Waals surface area contributed by atoms with Gasteiger partial charge in [-0.2, -0.15) is 0 Å². The van der Waals surface area contributed by atoms with Crippen LogP contribution in [0.25, 0.3) is 0 Å². The summed E-state index contributed by atoms with van der Waals surface area (Å²) in [6, 6.07) is 5.48. The minimum absolute atomic E-state index is 0.0404. The van der Waals surface area contributed by atoms with Crippen LogP contribution in [-0.2, 0) is 11.2 Å². The Kier molecular flexibility index (Phi) is 3.42. The number of hydrogen-bond donors (Lipinski definition) is 1. The molecule has 0 radical (unpaired) electrons. The number of benzene rings is 1. The van der Waals surface area contributed by atoms with Gasteiger partial charge in [0.15, 0.2) is 5.78 Å². The topological polar surface area (TPSA) is 55.4 Å². The van der Waals surface area contributed by atoms with Crippen molar-refractivity contribution in [2.24, 2.45) is 0 Å². The summed E-state index contributed by atoms with van der Waals surface area (Å²) in [5.74, 6) is 0.889. The lowest BCUT2D eigenvalue weighted by atomic mass is 10.1. The molecule has 17 heavy (non-hydrogen) atoms. The maximum atomic E-state index is 11.4. The lowest BCUT2D eigenvalue weighted by molar-refractivity contribution is -0.121. The first-order valence-electron chi connectivity index (χ1n) is 5.70. The van der Waals surface area contributed by atoms with E-state index in [1.54, 1.807) is 19.2 Å². The number of ketones is 1. The Morgan fingerprint density at radius 2 is 2.24 bits per heavy atom. The van der Waals surface area contributed by atoms with Crippen LogP contribution in [0.4, 0.5) is 0 Å². The lowest BCUT2D eigenvalue weighted by Gasteiger charge is -2.07. The van der Waals surface area contributed by atoms with Gasteiger partial charge in [-0.15, -0.1) is 0 Å². The van der Waals surface area contributed by atoms with Crippen molar-refractivity contribution >= 4 is 11.7 Å². The molecular weight excluding hydrogens is 218 g/mol. The van der Waals surface area contributed by atoms with Gasteiger partial charge >= 0.3 is 0 Å². The van der Waals surface area contributed by atoms with E-state index in [0.717, 1.165) is 23.3 Å². The maximum absolute atomic E-state index is 11.4. The second-order valence-electron chi connectivity index (χ2n) is 4.01. The quantitative estimate of drug-likeness (QED) is 0.853. The summed E-state index contributed by atoms with van der Waals surface area (Å²) in [6.07, 6.45) is 1.73. The largest absolute Gasteiger partial charge is 0.493 e. The highest BCUT2D eigenvalue weighted by Crippen LogP contribution is 2.26. The first-order chi connectivity index (χ1) is 8.20. The predicted octanol–water partition coefficient (Wildman–Crippen LogP) is 1.33. The Balaban J connectivity index is 1.95. The monoisotopic (exact) mass is 233 g/mol. The molecule has 0 saturated heterocycles. The number of aryl methyl sites for hydroxylation is 1. The van der Waals surface area contributed by atoms with Crippen molar-refractivity contribution in [3.8, 4) is 5.75 Å². The van der Waals surface area contributed by atoms with Crippen molar-refractivity contribution in [1.82, 2.24) is 5.32 Å². The summed E-state index contributed by atoms with van der Waals surface area (Å²) < 4.78 is 5.47. The number of Topliss-reactive ketones (excluding diaryl/α,β-unsaturated/α-hetero) is 1. The van der Waals surface area contributed by atoms with E-state index in [1.807, 2.05) is 6.07 Å². The van der Waals surface area contributed by atoms with E-state index >= 15 is 0 Å². The maximum Gasteiger partial charge on any atom is 0.223 e. The predicted molar refractivity (Wildman–Crippen MR) is 63.3 cm³/mol. The zero-order chi connectivity index (χ0) is 12.3. The highest BCUT2D eigenvalue weighted by Gasteiger charge is 2.19. The highest BCUT2D eigenvalue weighted by atomic mass is 16.5. The molecule has 0 saturated carbocycles. The lowest BCUT2D eigenvalue weighted by Crippen LogP contribution is -2.20. The third-order valence-electron chi connectivity index (χ3n) is 2.88. The van der Waals surface area contributed by atoms with Gasteiger partial charge in [-0.25, -0.2) is 0 Å². The van der Waals surface area contributed by atoms with Crippen molar-refractivity contribution in [2.75, 3.05) is 13.7 Å². The van der Waals surface area contributed by atoms with E-state index in [4.69, 9.17) is 4.74 Å². The zero-order valence-corrected chi connectivity index (χ0v) is 9.79. The molecule has 1 aliphatic rings. The van der Waals surface area contributed by atoms with Crippen LogP contribution in [0.5, 0.6) is 5.75 Å². The fourth-order valence-corrected chi connectivity index (χ4v) is 1.91. The number of carbonyl (C=O) groups is 2. The van der Waals surface area contributed by atoms with Gasteiger partial charge < -0.3 is 10.1 Å². The molecule has 4 nitrogen and oxygen atoms in total. The molecule has 0 fully saturated rings. The van der Waals surface area contributed by atoms with Gasteiger partial charge in [-0.05, 0) is 30.2 Å². The van der Waals surface area contributed by atoms with Crippen molar-refractivity contribution in [2.45, 2.75) is 19.3 Å². The average Bonchev–Trinajstić information content (AvgIpc) is 2.70. The molecule has 0 aromatic heterocycles. The van der Waals surface area contributed by atoms with E-state index in [2.05, 4.69) is 5.32 Å². The van der Waals surface area contributed by atoms with Crippen LogP contribution in [0.2, 0.25) is 0 Å². The van der Waals surface area contributed by atoms with Gasteiger partial charge in [0.25, 0.3) is 0 Å². The molecule has 1 aromatic carbocycles. The molecule has 4 heteroatoms. The Labute approximate surface area is 100.0 Å². The van der Waals surface area contributed by atoms with Crippen LogP contribution in [0.3, 0.4) is 0 Å². The molecule has 1 amide bonds. The molecule has 0 spiro atoms. The summed E-state index contributed by atoms with van der Waals surface area (Å²) in [5, 5.41) is 2.54. The van der Waals surface area contributed by atoms with Gasteiger partial charge in [0.2, 0.25) is 5.91 Å². The normalized spacial score (nSPS) is 13.4. The smallest absolute Gasteiger partial charge is 0.223 e. The average molecular weight is 233 g/mol. The van der Waals surface area contributed by atoms with Crippen molar-refractivity contribution in [3.63, 3.8) is 0 Å². The number of fused-ring (bicyclic) bond motifs is 1. The van der Waals surface area contributed by atoms with Crippen LogP contribution in [0.1, 0.15) is 28.8 Å². The summed E-state index contributed by atoms with van der Waals surface area (Å²) in [4.78, 5) is 22.4. The van der Waals surface area contributed by atoms with E-state index in [1.165, 1.54) is 0 Å². The third-order valence-corrected chi connectivity index (χ3v) is 2.88. The van der Waals surface area contributed by atoms with E-state index in [-0.39, 0.29) is 11.7 Å². The number of carbonyl (C=O) groups excluding carboxylic acids is 2. The molecule has 0 aliphatic heterocycles. The van der Waals surface area contributed by atoms with Crippen molar-refractivity contribution < 1.29 is 14.3 Å². The number of hydrogen-bond acceptors (Lipinski definition) is 3. The van der Waals surface area contributed by atoms with Crippen LogP contribution in [0, 0.1) is 0 Å². The number of rotatable bonds is 4. The highest BCUT2D eigenvalue weighted by molar-refractivity contribution is 6.00. The van der Waals surface area contributed by atoms with Crippen molar-refractivity contribution in [1.29, 1.82) is 0 Å². The van der Waals surface area contributed by atoms with E-state index in [9.17, 15) is 9.59 Å². The molecule has 0 heterocycles. The summed E-state index contributed by atoms with van der Waals surface area (Å²) in [6.45, 7) is 0.354. The molecule has 1 aromatic rings. The molecular formula is C13H15NO3. The molecule has 90 valence electrons. The fourth-order valence-electron chi connectivity index (χ4n) is 1.91. The summed E-state index contributed by atoms with van der Waals surface area (Å²) in [5.41, 5.74) is 1.86. The zero-order valence-electron chi connectivity index (χ0n) is 9.79. The van der Waals surface area contributed by atoms with E-state index < -0.39 is 0 Å².